The number of methoxy groups -OCH3 is 1. The number of hydrogen-bond donors (Lipinski definition) is 2. The van der Waals surface area contributed by atoms with Gasteiger partial charge in [0.2, 0.25) is 5.91 Å². The molecule has 0 aliphatic rings. The molecule has 0 spiro atoms. The third-order valence-electron chi connectivity index (χ3n) is 3.59. The molecule has 0 heterocycles. The van der Waals surface area contributed by atoms with Gasteiger partial charge in [-0.15, -0.1) is 0 Å². The van der Waals surface area contributed by atoms with Crippen LogP contribution in [0.25, 0.3) is 0 Å². The summed E-state index contributed by atoms with van der Waals surface area (Å²) in [4.78, 5) is 26.0. The number of halogens is 1. The molecule has 1 aromatic rings. The van der Waals surface area contributed by atoms with Crippen LogP contribution in [0, 0.1) is 0 Å². The van der Waals surface area contributed by atoms with Crippen LogP contribution in [0.3, 0.4) is 0 Å². The summed E-state index contributed by atoms with van der Waals surface area (Å²) >= 11 is 6.10. The van der Waals surface area contributed by atoms with Crippen LogP contribution < -0.4 is 11.1 Å². The Morgan fingerprint density at radius 3 is 2.57 bits per heavy atom. The van der Waals surface area contributed by atoms with E-state index in [1.54, 1.807) is 30.1 Å². The quantitative estimate of drug-likeness (QED) is 0.795. The Hall–Kier alpha value is -1.63. The van der Waals surface area contributed by atoms with Crippen molar-refractivity contribution in [2.45, 2.75) is 32.4 Å². The molecule has 0 saturated carbocycles. The van der Waals surface area contributed by atoms with E-state index in [0.717, 1.165) is 0 Å². The van der Waals surface area contributed by atoms with Crippen molar-refractivity contribution in [2.24, 2.45) is 5.73 Å². The van der Waals surface area contributed by atoms with Crippen LogP contribution in [0.2, 0.25) is 5.02 Å². The second-order valence-electron chi connectivity index (χ2n) is 5.55. The van der Waals surface area contributed by atoms with Crippen molar-refractivity contribution in [3.63, 3.8) is 0 Å². The molecule has 0 radical (unpaired) electrons. The molecule has 2 amide bonds. The van der Waals surface area contributed by atoms with Crippen LogP contribution in [0.4, 0.5) is 5.69 Å². The van der Waals surface area contributed by atoms with Crippen molar-refractivity contribution in [3.8, 4) is 0 Å². The standard InChI is InChI=1S/C16H24ClN3O3/c1-10(2)20(3)16(22)11-5-6-13(17)14(7-11)19-15(21)8-12(9-18)23-4/h5-7,10,12H,8-9,18H2,1-4H3,(H,19,21). The maximum atomic E-state index is 12.3. The highest BCUT2D eigenvalue weighted by Gasteiger charge is 2.17. The molecule has 0 saturated heterocycles. The van der Waals surface area contributed by atoms with Gasteiger partial charge in [0, 0.05) is 32.3 Å². The molecule has 0 fully saturated rings. The predicted molar refractivity (Wildman–Crippen MR) is 91.8 cm³/mol. The summed E-state index contributed by atoms with van der Waals surface area (Å²) in [5, 5.41) is 3.06. The highest BCUT2D eigenvalue weighted by molar-refractivity contribution is 6.33. The number of carbonyl (C=O) groups is 2. The summed E-state index contributed by atoms with van der Waals surface area (Å²) in [5.74, 6) is -0.407. The van der Waals surface area contributed by atoms with E-state index in [1.807, 2.05) is 13.8 Å². The number of nitrogens with zero attached hydrogens (tertiary/aromatic N) is 1. The van der Waals surface area contributed by atoms with E-state index in [0.29, 0.717) is 16.3 Å². The fraction of sp³-hybridized carbons (Fsp3) is 0.500. The molecule has 0 aromatic heterocycles. The normalized spacial score (nSPS) is 12.1. The number of nitrogens with one attached hydrogen (secondary N) is 1. The Morgan fingerprint density at radius 2 is 2.04 bits per heavy atom. The molecule has 23 heavy (non-hydrogen) atoms. The first-order valence-electron chi connectivity index (χ1n) is 7.39. The monoisotopic (exact) mass is 341 g/mol. The summed E-state index contributed by atoms with van der Waals surface area (Å²) < 4.78 is 5.08. The minimum atomic E-state index is -0.356. The Labute approximate surface area is 141 Å². The summed E-state index contributed by atoms with van der Waals surface area (Å²) in [5.41, 5.74) is 6.36. The average Bonchev–Trinajstić information content (AvgIpc) is 2.53. The van der Waals surface area contributed by atoms with E-state index in [2.05, 4.69) is 5.32 Å². The van der Waals surface area contributed by atoms with Gasteiger partial charge < -0.3 is 20.7 Å². The molecule has 1 rings (SSSR count). The third-order valence-corrected chi connectivity index (χ3v) is 3.92. The SMILES string of the molecule is COC(CN)CC(=O)Nc1cc(C(=O)N(C)C(C)C)ccc1Cl. The number of ether oxygens (including phenoxy) is 1. The van der Waals surface area contributed by atoms with Crippen molar-refractivity contribution in [1.82, 2.24) is 4.90 Å². The van der Waals surface area contributed by atoms with E-state index >= 15 is 0 Å². The Balaban J connectivity index is 2.89. The zero-order chi connectivity index (χ0) is 17.6. The van der Waals surface area contributed by atoms with Crippen molar-refractivity contribution < 1.29 is 14.3 Å². The smallest absolute Gasteiger partial charge is 0.253 e. The second-order valence-corrected chi connectivity index (χ2v) is 5.96. The third kappa shape index (κ3) is 5.49. The predicted octanol–water partition coefficient (Wildman–Crippen LogP) is 2.12. The largest absolute Gasteiger partial charge is 0.380 e. The van der Waals surface area contributed by atoms with Gasteiger partial charge in [-0.25, -0.2) is 0 Å². The average molecular weight is 342 g/mol. The number of rotatable bonds is 7. The zero-order valence-electron chi connectivity index (χ0n) is 13.9. The first-order chi connectivity index (χ1) is 10.8. The zero-order valence-corrected chi connectivity index (χ0v) is 14.7. The molecule has 0 bridgehead atoms. The lowest BCUT2D eigenvalue weighted by Gasteiger charge is -2.22. The first-order valence-corrected chi connectivity index (χ1v) is 7.77. The van der Waals surface area contributed by atoms with Gasteiger partial charge in [0.25, 0.3) is 5.91 Å². The fourth-order valence-corrected chi connectivity index (χ4v) is 2.03. The van der Waals surface area contributed by atoms with Crippen molar-refractivity contribution in [2.75, 3.05) is 26.0 Å². The molecule has 0 aliphatic heterocycles. The lowest BCUT2D eigenvalue weighted by atomic mass is 10.1. The lowest BCUT2D eigenvalue weighted by molar-refractivity contribution is -0.118. The molecular formula is C16H24ClN3O3. The van der Waals surface area contributed by atoms with Gasteiger partial charge in [0.15, 0.2) is 0 Å². The highest BCUT2D eigenvalue weighted by Crippen LogP contribution is 2.24. The molecule has 1 atom stereocenters. The first kappa shape index (κ1) is 19.4. The fourth-order valence-electron chi connectivity index (χ4n) is 1.86. The molecule has 1 unspecified atom stereocenters. The van der Waals surface area contributed by atoms with Gasteiger partial charge in [-0.2, -0.15) is 0 Å². The van der Waals surface area contributed by atoms with E-state index in [-0.39, 0.29) is 36.9 Å². The summed E-state index contributed by atoms with van der Waals surface area (Å²) in [6.07, 6.45) is -0.237. The van der Waals surface area contributed by atoms with Crippen LogP contribution in [-0.4, -0.2) is 49.6 Å². The van der Waals surface area contributed by atoms with Gasteiger partial charge in [-0.3, -0.25) is 9.59 Å². The summed E-state index contributed by atoms with van der Waals surface area (Å²) in [6, 6.07) is 4.88. The number of hydrogen-bond acceptors (Lipinski definition) is 4. The molecule has 6 nitrogen and oxygen atoms in total. The van der Waals surface area contributed by atoms with Crippen molar-refractivity contribution >= 4 is 29.1 Å². The topological polar surface area (TPSA) is 84.7 Å². The molecule has 3 N–H and O–H groups in total. The van der Waals surface area contributed by atoms with Crippen LogP contribution in [0.5, 0.6) is 0 Å². The Kier molecular flexibility index (Phi) is 7.48. The maximum Gasteiger partial charge on any atom is 0.253 e. The highest BCUT2D eigenvalue weighted by atomic mass is 35.5. The van der Waals surface area contributed by atoms with Crippen molar-refractivity contribution in [3.05, 3.63) is 28.8 Å². The lowest BCUT2D eigenvalue weighted by Crippen LogP contribution is -2.33. The number of carbonyl (C=O) groups excluding carboxylic acids is 2. The van der Waals surface area contributed by atoms with E-state index in [1.165, 1.54) is 7.11 Å². The Bertz CT molecular complexity index is 560. The van der Waals surface area contributed by atoms with Gasteiger partial charge >= 0.3 is 0 Å². The molecule has 0 aliphatic carbocycles. The summed E-state index contributed by atoms with van der Waals surface area (Å²) in [6.45, 7) is 4.10. The number of anilines is 1. The number of amides is 2. The van der Waals surface area contributed by atoms with Crippen LogP contribution in [0.15, 0.2) is 18.2 Å². The van der Waals surface area contributed by atoms with E-state index in [9.17, 15) is 9.59 Å². The van der Waals surface area contributed by atoms with Crippen LogP contribution in [0.1, 0.15) is 30.6 Å². The van der Waals surface area contributed by atoms with Crippen LogP contribution >= 0.6 is 11.6 Å². The number of nitrogens with two attached hydrogens (primary N) is 1. The van der Waals surface area contributed by atoms with E-state index < -0.39 is 0 Å². The maximum absolute atomic E-state index is 12.3. The summed E-state index contributed by atoms with van der Waals surface area (Å²) in [7, 11) is 3.23. The van der Waals surface area contributed by atoms with Gasteiger partial charge in [-0.1, -0.05) is 11.6 Å². The molecular weight excluding hydrogens is 318 g/mol. The molecule has 7 heteroatoms. The van der Waals surface area contributed by atoms with Crippen molar-refractivity contribution in [1.29, 1.82) is 0 Å². The molecule has 128 valence electrons. The van der Waals surface area contributed by atoms with Gasteiger partial charge in [0.1, 0.15) is 0 Å². The Morgan fingerprint density at radius 1 is 1.39 bits per heavy atom. The minimum absolute atomic E-state index is 0.0724. The minimum Gasteiger partial charge on any atom is -0.380 e. The number of benzene rings is 1. The van der Waals surface area contributed by atoms with Crippen LogP contribution in [-0.2, 0) is 9.53 Å². The molecule has 1 aromatic carbocycles. The van der Waals surface area contributed by atoms with Gasteiger partial charge in [0.05, 0.1) is 23.2 Å². The second kappa shape index (κ2) is 8.86. The van der Waals surface area contributed by atoms with E-state index in [4.69, 9.17) is 22.1 Å². The van der Waals surface area contributed by atoms with Gasteiger partial charge in [-0.05, 0) is 32.0 Å².